The van der Waals surface area contributed by atoms with Crippen molar-refractivity contribution >= 4 is 29.4 Å². The van der Waals surface area contributed by atoms with Gasteiger partial charge in [-0.3, -0.25) is 19.1 Å². The van der Waals surface area contributed by atoms with Crippen LogP contribution in [0.5, 0.6) is 5.75 Å². The summed E-state index contributed by atoms with van der Waals surface area (Å²) < 4.78 is 8.39. The third-order valence-electron chi connectivity index (χ3n) is 11.0. The second-order valence-electron chi connectivity index (χ2n) is 14.1. The second kappa shape index (κ2) is 11.0. The third-order valence-corrected chi connectivity index (χ3v) is 11.4. The van der Waals surface area contributed by atoms with E-state index in [0.29, 0.717) is 54.8 Å². The summed E-state index contributed by atoms with van der Waals surface area (Å²) in [5, 5.41) is 19.6. The number of aliphatic carboxylic acids is 1. The van der Waals surface area contributed by atoms with Gasteiger partial charge in [-0.15, -0.1) is 5.10 Å². The number of aromatic nitrogens is 3. The van der Waals surface area contributed by atoms with Crippen molar-refractivity contribution in [3.05, 3.63) is 39.7 Å². The van der Waals surface area contributed by atoms with Gasteiger partial charge in [-0.05, 0) is 69.1 Å². The van der Waals surface area contributed by atoms with Gasteiger partial charge in [0.05, 0.1) is 23.1 Å². The molecule has 1 aromatic heterocycles. The van der Waals surface area contributed by atoms with Gasteiger partial charge in [0.1, 0.15) is 18.1 Å². The molecular weight excluding hydrogens is 582 g/mol. The van der Waals surface area contributed by atoms with E-state index in [1.165, 1.54) is 0 Å². The number of aryl methyl sites for hydroxylation is 1. The molecule has 10 nitrogen and oxygen atoms in total. The van der Waals surface area contributed by atoms with E-state index in [1.807, 2.05) is 33.7 Å². The van der Waals surface area contributed by atoms with Gasteiger partial charge in [0.2, 0.25) is 11.8 Å². The molecule has 2 aliphatic heterocycles. The highest BCUT2D eigenvalue weighted by Crippen LogP contribution is 2.55. The first kappa shape index (κ1) is 29.6. The molecular formula is C33H42ClN5O5. The zero-order chi connectivity index (χ0) is 30.9. The molecule has 3 saturated carbocycles. The van der Waals surface area contributed by atoms with Gasteiger partial charge in [0.25, 0.3) is 0 Å². The Kier molecular flexibility index (Phi) is 7.41. The standard InChI is InChI=1S/C33H42ClN5O5/c1-18-14-27(40)39(16-18)25-15-21(25)30-28-20(11-13-38(30)31(41)22-6-4-5-12-33(22,2)32(42)43)23(34)9-10-26(28)44-17-24-29(19-7-8-19)37(3)36-35-24/h9-10,18-19,21-22,25,30H,4-8,11-17H2,1-3H3,(H,42,43)/t18-,21?,22+,25?,30-,33+/m1/s1. The first-order valence-corrected chi connectivity index (χ1v) is 16.6. The lowest BCUT2D eigenvalue weighted by Crippen LogP contribution is -2.51. The molecule has 7 rings (SSSR count). The Balaban J connectivity index is 1.26. The average molecular weight is 624 g/mol. The molecule has 236 valence electrons. The van der Waals surface area contributed by atoms with Crippen LogP contribution in [0.1, 0.15) is 99.7 Å². The molecule has 0 bridgehead atoms. The van der Waals surface area contributed by atoms with Crippen LogP contribution in [-0.2, 0) is 34.5 Å². The van der Waals surface area contributed by atoms with Crippen LogP contribution in [0.25, 0.3) is 0 Å². The summed E-state index contributed by atoms with van der Waals surface area (Å²) in [6.45, 7) is 5.27. The summed E-state index contributed by atoms with van der Waals surface area (Å²) in [6, 6.07) is 3.42. The maximum absolute atomic E-state index is 14.6. The quantitative estimate of drug-likeness (QED) is 0.445. The first-order valence-electron chi connectivity index (χ1n) is 16.2. The summed E-state index contributed by atoms with van der Waals surface area (Å²) >= 11 is 6.84. The Morgan fingerprint density at radius 3 is 2.70 bits per heavy atom. The van der Waals surface area contributed by atoms with Gasteiger partial charge in [-0.1, -0.05) is 36.6 Å². The van der Waals surface area contributed by atoms with Gasteiger partial charge in [-0.2, -0.15) is 0 Å². The van der Waals surface area contributed by atoms with E-state index < -0.39 is 17.3 Å². The molecule has 11 heteroatoms. The molecule has 0 radical (unpaired) electrons. The second-order valence-corrected chi connectivity index (χ2v) is 14.5. The molecule has 44 heavy (non-hydrogen) atoms. The number of likely N-dealkylation sites (tertiary alicyclic amines) is 1. The Morgan fingerprint density at radius 1 is 1.20 bits per heavy atom. The molecule has 6 atom stereocenters. The molecule has 1 saturated heterocycles. The van der Waals surface area contributed by atoms with E-state index in [2.05, 4.69) is 17.2 Å². The molecule has 1 N–H and O–H groups in total. The zero-order valence-electron chi connectivity index (χ0n) is 25.8. The Bertz CT molecular complexity index is 1510. The number of carbonyl (C=O) groups excluding carboxylic acids is 2. The third kappa shape index (κ3) is 4.97. The molecule has 2 amide bonds. The van der Waals surface area contributed by atoms with Crippen molar-refractivity contribution in [2.24, 2.45) is 30.2 Å². The molecule has 2 unspecified atom stereocenters. The lowest BCUT2D eigenvalue weighted by Gasteiger charge is -2.45. The summed E-state index contributed by atoms with van der Waals surface area (Å²) in [5.41, 5.74) is 2.68. The zero-order valence-corrected chi connectivity index (χ0v) is 26.6. The number of nitrogens with zero attached hydrogens (tertiary/aromatic N) is 5. The number of carboxylic acids is 1. The van der Waals surface area contributed by atoms with Crippen molar-refractivity contribution in [3.63, 3.8) is 0 Å². The minimum Gasteiger partial charge on any atom is -0.487 e. The summed E-state index contributed by atoms with van der Waals surface area (Å²) in [7, 11) is 1.91. The lowest BCUT2D eigenvalue weighted by molar-refractivity contribution is -0.162. The Morgan fingerprint density at radius 2 is 2.00 bits per heavy atom. The van der Waals surface area contributed by atoms with Gasteiger partial charge in [0, 0.05) is 55.0 Å². The van der Waals surface area contributed by atoms with E-state index in [-0.39, 0.29) is 36.4 Å². The number of hydrogen-bond acceptors (Lipinski definition) is 6. The maximum atomic E-state index is 14.6. The molecule has 4 fully saturated rings. The molecule has 0 spiro atoms. The number of carboxylic acid groups (broad SMARTS) is 1. The highest BCUT2D eigenvalue weighted by molar-refractivity contribution is 6.31. The number of carbonyl (C=O) groups is 3. The van der Waals surface area contributed by atoms with Crippen molar-refractivity contribution in [1.29, 1.82) is 0 Å². The molecule has 3 aliphatic carbocycles. The van der Waals surface area contributed by atoms with E-state index in [4.69, 9.17) is 16.3 Å². The Hall–Kier alpha value is -3.14. The van der Waals surface area contributed by atoms with Crippen LogP contribution >= 0.6 is 11.6 Å². The number of ether oxygens (including phenoxy) is 1. The van der Waals surface area contributed by atoms with Crippen LogP contribution < -0.4 is 4.74 Å². The number of hydrogen-bond donors (Lipinski definition) is 1. The van der Waals surface area contributed by atoms with Crippen LogP contribution in [0.4, 0.5) is 0 Å². The van der Waals surface area contributed by atoms with Crippen LogP contribution in [-0.4, -0.2) is 66.8 Å². The van der Waals surface area contributed by atoms with Gasteiger partial charge >= 0.3 is 5.97 Å². The maximum Gasteiger partial charge on any atom is 0.310 e. The highest BCUT2D eigenvalue weighted by atomic mass is 35.5. The lowest BCUT2D eigenvalue weighted by atomic mass is 9.66. The van der Waals surface area contributed by atoms with Gasteiger partial charge < -0.3 is 19.6 Å². The van der Waals surface area contributed by atoms with Crippen LogP contribution in [0.2, 0.25) is 5.02 Å². The van der Waals surface area contributed by atoms with E-state index in [0.717, 1.165) is 61.2 Å². The number of amides is 2. The fourth-order valence-corrected chi connectivity index (χ4v) is 8.63. The van der Waals surface area contributed by atoms with Crippen molar-refractivity contribution in [2.75, 3.05) is 13.1 Å². The smallest absolute Gasteiger partial charge is 0.310 e. The SMILES string of the molecule is C[C@@H]1CC(=O)N(C2CC2[C@@H]2c3c(OCc4nnn(C)c4C4CC4)ccc(Cl)c3CCN2C(=O)[C@@H]2CCCC[C@]2(C)C(=O)O)C1. The Labute approximate surface area is 263 Å². The van der Waals surface area contributed by atoms with E-state index in [1.54, 1.807) is 6.92 Å². The van der Waals surface area contributed by atoms with Crippen LogP contribution in [0.15, 0.2) is 12.1 Å². The van der Waals surface area contributed by atoms with Crippen molar-refractivity contribution in [1.82, 2.24) is 24.8 Å². The largest absolute Gasteiger partial charge is 0.487 e. The van der Waals surface area contributed by atoms with Gasteiger partial charge in [-0.25, -0.2) is 0 Å². The van der Waals surface area contributed by atoms with Crippen molar-refractivity contribution < 1.29 is 24.2 Å². The molecule has 5 aliphatic rings. The predicted octanol–water partition coefficient (Wildman–Crippen LogP) is 4.89. The minimum absolute atomic E-state index is 0.0197. The number of fused-ring (bicyclic) bond motifs is 1. The van der Waals surface area contributed by atoms with Gasteiger partial charge in [0.15, 0.2) is 0 Å². The van der Waals surface area contributed by atoms with E-state index in [9.17, 15) is 19.5 Å². The topological polar surface area (TPSA) is 118 Å². The highest BCUT2D eigenvalue weighted by Gasteiger charge is 2.57. The van der Waals surface area contributed by atoms with Crippen LogP contribution in [0, 0.1) is 23.2 Å². The monoisotopic (exact) mass is 623 g/mol. The minimum atomic E-state index is -1.11. The van der Waals surface area contributed by atoms with Crippen LogP contribution in [0.3, 0.4) is 0 Å². The first-order chi connectivity index (χ1) is 21.1. The molecule has 3 heterocycles. The number of rotatable bonds is 8. The normalized spacial score (nSPS) is 31.6. The molecule has 1 aromatic carbocycles. The fourth-order valence-electron chi connectivity index (χ4n) is 8.37. The van der Waals surface area contributed by atoms with Crippen molar-refractivity contribution in [3.8, 4) is 5.75 Å². The number of benzene rings is 1. The predicted molar refractivity (Wildman–Crippen MR) is 162 cm³/mol. The van der Waals surface area contributed by atoms with Crippen molar-refractivity contribution in [2.45, 2.75) is 96.2 Å². The molecule has 2 aromatic rings. The average Bonchev–Trinajstić information content (AvgIpc) is 3.92. The fraction of sp³-hybridized carbons (Fsp3) is 0.667. The van der Waals surface area contributed by atoms with E-state index >= 15 is 0 Å². The number of halogens is 1. The summed E-state index contributed by atoms with van der Waals surface area (Å²) in [5.74, 6) is -0.00198. The summed E-state index contributed by atoms with van der Waals surface area (Å²) in [6.07, 6.45) is 6.82. The summed E-state index contributed by atoms with van der Waals surface area (Å²) in [4.78, 5) is 44.0.